The van der Waals surface area contributed by atoms with E-state index in [0.29, 0.717) is 0 Å². The van der Waals surface area contributed by atoms with Crippen LogP contribution in [0.4, 0.5) is 5.69 Å². The van der Waals surface area contributed by atoms with E-state index in [2.05, 4.69) is 33.4 Å². The Labute approximate surface area is 131 Å². The Balaban J connectivity index is 1.48. The number of anilines is 1. The van der Waals surface area contributed by atoms with Crippen LogP contribution < -0.4 is 5.32 Å². The molecule has 5 heteroatoms. The number of likely N-dealkylation sites (tertiary alicyclic amines) is 1. The molecule has 1 saturated carbocycles. The van der Waals surface area contributed by atoms with Gasteiger partial charge in [-0.2, -0.15) is 0 Å². The lowest BCUT2D eigenvalue weighted by Crippen LogP contribution is -2.37. The van der Waals surface area contributed by atoms with Gasteiger partial charge in [-0.05, 0) is 42.5 Å². The smallest absolute Gasteiger partial charge is 0.235 e. The van der Waals surface area contributed by atoms with Crippen LogP contribution >= 0.6 is 15.9 Å². The zero-order valence-electron chi connectivity index (χ0n) is 11.3. The van der Waals surface area contributed by atoms with E-state index in [1.54, 1.807) is 0 Å². The van der Waals surface area contributed by atoms with Crippen LogP contribution in [0.5, 0.6) is 0 Å². The molecule has 1 N–H and O–H groups in total. The summed E-state index contributed by atoms with van der Waals surface area (Å²) in [6.07, 6.45) is 5.20. The summed E-state index contributed by atoms with van der Waals surface area (Å²) >= 11 is 3.38. The molecule has 4 nitrogen and oxygen atoms in total. The second kappa shape index (κ2) is 4.70. The zero-order valence-corrected chi connectivity index (χ0v) is 12.9. The highest BCUT2D eigenvalue weighted by Gasteiger charge is 2.59. The molecule has 21 heavy (non-hydrogen) atoms. The van der Waals surface area contributed by atoms with Gasteiger partial charge < -0.3 is 5.32 Å². The topological polar surface area (TPSA) is 49.4 Å². The number of nitrogens with zero attached hydrogens (tertiary/aromatic N) is 1. The minimum absolute atomic E-state index is 0.00791. The van der Waals surface area contributed by atoms with Crippen molar-refractivity contribution in [3.8, 4) is 0 Å². The summed E-state index contributed by atoms with van der Waals surface area (Å²) in [5.41, 5.74) is 0.900. The third kappa shape index (κ3) is 1.94. The fourth-order valence-corrected chi connectivity index (χ4v) is 4.12. The Bertz CT molecular complexity index is 610. The number of benzene rings is 1. The van der Waals surface area contributed by atoms with Gasteiger partial charge in [-0.1, -0.05) is 28.1 Å². The number of amides is 2. The Morgan fingerprint density at radius 1 is 1.05 bits per heavy atom. The van der Waals surface area contributed by atoms with Gasteiger partial charge >= 0.3 is 0 Å². The average molecular weight is 347 g/mol. The van der Waals surface area contributed by atoms with Gasteiger partial charge in [0.1, 0.15) is 0 Å². The van der Waals surface area contributed by atoms with Crippen molar-refractivity contribution < 1.29 is 9.59 Å². The van der Waals surface area contributed by atoms with Crippen molar-refractivity contribution in [1.82, 2.24) is 4.90 Å². The Morgan fingerprint density at radius 2 is 1.62 bits per heavy atom. The standard InChI is InChI=1S/C16H15BrN2O2/c17-11-3-5-12(6-4-11)18-8-19-15(20)13-9-1-2-10(7-9)14(13)16(19)21/h1-6,9-10,13-14,18H,7-8H2/t9-,10-,13-,14-/m0/s1. The van der Waals surface area contributed by atoms with Gasteiger partial charge in [0.05, 0.1) is 18.5 Å². The summed E-state index contributed by atoms with van der Waals surface area (Å²) in [7, 11) is 0. The number of imide groups is 1. The molecular weight excluding hydrogens is 332 g/mol. The van der Waals surface area contributed by atoms with Crippen molar-refractivity contribution >= 4 is 33.4 Å². The molecule has 1 aliphatic heterocycles. The van der Waals surface area contributed by atoms with Gasteiger partial charge in [0, 0.05) is 10.2 Å². The fourth-order valence-electron chi connectivity index (χ4n) is 3.86. The number of hydrogen-bond acceptors (Lipinski definition) is 3. The van der Waals surface area contributed by atoms with Gasteiger partial charge in [0.25, 0.3) is 0 Å². The van der Waals surface area contributed by atoms with Crippen LogP contribution in [-0.4, -0.2) is 23.4 Å². The van der Waals surface area contributed by atoms with Crippen molar-refractivity contribution in [3.63, 3.8) is 0 Å². The molecule has 2 aliphatic carbocycles. The molecule has 0 unspecified atom stereocenters. The van der Waals surface area contributed by atoms with Crippen LogP contribution in [0.25, 0.3) is 0 Å². The lowest BCUT2D eigenvalue weighted by Gasteiger charge is -2.18. The highest BCUT2D eigenvalue weighted by atomic mass is 79.9. The van der Waals surface area contributed by atoms with E-state index in [-0.39, 0.29) is 42.2 Å². The molecule has 2 bridgehead atoms. The minimum atomic E-state index is -0.112. The van der Waals surface area contributed by atoms with Crippen molar-refractivity contribution in [2.45, 2.75) is 6.42 Å². The molecule has 0 aromatic heterocycles. The van der Waals surface area contributed by atoms with E-state index < -0.39 is 0 Å². The molecule has 1 aromatic rings. The first-order valence-corrected chi connectivity index (χ1v) is 7.97. The monoisotopic (exact) mass is 346 g/mol. The van der Waals surface area contributed by atoms with Crippen LogP contribution in [0, 0.1) is 23.7 Å². The SMILES string of the molecule is O=C1[C@@H]2[C@@H](C(=O)N1CNc1ccc(Br)cc1)[C@H]1C=C[C@H]2C1. The normalized spacial score (nSPS) is 32.9. The summed E-state index contributed by atoms with van der Waals surface area (Å²) in [6.45, 7) is 0.256. The number of hydrogen-bond donors (Lipinski definition) is 1. The van der Waals surface area contributed by atoms with Crippen molar-refractivity contribution in [1.29, 1.82) is 0 Å². The number of carbonyl (C=O) groups excluding carboxylic acids is 2. The van der Waals surface area contributed by atoms with Crippen molar-refractivity contribution in [3.05, 3.63) is 40.9 Å². The van der Waals surface area contributed by atoms with E-state index >= 15 is 0 Å². The molecule has 1 heterocycles. The Kier molecular flexibility index (Phi) is 2.92. The maximum Gasteiger partial charge on any atom is 0.235 e. The lowest BCUT2D eigenvalue weighted by molar-refractivity contribution is -0.140. The van der Waals surface area contributed by atoms with Crippen LogP contribution in [-0.2, 0) is 9.59 Å². The first-order chi connectivity index (χ1) is 10.1. The quantitative estimate of drug-likeness (QED) is 0.676. The number of rotatable bonds is 3. The maximum atomic E-state index is 12.5. The van der Waals surface area contributed by atoms with Gasteiger partial charge in [0.2, 0.25) is 11.8 Å². The Hall–Kier alpha value is -1.62. The van der Waals surface area contributed by atoms with Gasteiger partial charge in [-0.3, -0.25) is 14.5 Å². The minimum Gasteiger partial charge on any atom is -0.367 e. The number of allylic oxidation sites excluding steroid dienone is 2. The highest BCUT2D eigenvalue weighted by molar-refractivity contribution is 9.10. The molecule has 4 atom stereocenters. The number of halogens is 1. The van der Waals surface area contributed by atoms with Crippen LogP contribution in [0.3, 0.4) is 0 Å². The molecule has 108 valence electrons. The maximum absolute atomic E-state index is 12.5. The highest BCUT2D eigenvalue weighted by Crippen LogP contribution is 2.52. The summed E-state index contributed by atoms with van der Waals surface area (Å²) in [6, 6.07) is 7.69. The van der Waals surface area contributed by atoms with E-state index in [1.807, 2.05) is 24.3 Å². The summed E-state index contributed by atoms with van der Waals surface area (Å²) in [5, 5.41) is 3.16. The van der Waals surface area contributed by atoms with Gasteiger partial charge in [-0.25, -0.2) is 0 Å². The van der Waals surface area contributed by atoms with Gasteiger partial charge in [0.15, 0.2) is 0 Å². The number of carbonyl (C=O) groups is 2. The van der Waals surface area contributed by atoms with Crippen LogP contribution in [0.15, 0.2) is 40.9 Å². The van der Waals surface area contributed by atoms with Crippen molar-refractivity contribution in [2.24, 2.45) is 23.7 Å². The second-order valence-electron chi connectivity index (χ2n) is 5.95. The molecule has 2 fully saturated rings. The molecular formula is C16H15BrN2O2. The molecule has 4 rings (SSSR count). The molecule has 1 aromatic carbocycles. The largest absolute Gasteiger partial charge is 0.367 e. The third-order valence-corrected chi connectivity index (χ3v) is 5.38. The fraction of sp³-hybridized carbons (Fsp3) is 0.375. The van der Waals surface area contributed by atoms with E-state index in [0.717, 1.165) is 16.6 Å². The predicted octanol–water partition coefficient (Wildman–Crippen LogP) is 2.63. The molecule has 2 amide bonds. The molecule has 0 spiro atoms. The summed E-state index contributed by atoms with van der Waals surface area (Å²) in [4.78, 5) is 26.4. The second-order valence-corrected chi connectivity index (χ2v) is 6.86. The first-order valence-electron chi connectivity index (χ1n) is 7.18. The average Bonchev–Trinajstić information content (AvgIpc) is 3.14. The number of nitrogens with one attached hydrogen (secondary N) is 1. The summed E-state index contributed by atoms with van der Waals surface area (Å²) < 4.78 is 0.999. The van der Waals surface area contributed by atoms with Crippen LogP contribution in [0.1, 0.15) is 6.42 Å². The van der Waals surface area contributed by atoms with E-state index in [1.165, 1.54) is 4.90 Å². The zero-order chi connectivity index (χ0) is 14.6. The lowest BCUT2D eigenvalue weighted by atomic mass is 9.85. The van der Waals surface area contributed by atoms with E-state index in [4.69, 9.17) is 0 Å². The van der Waals surface area contributed by atoms with Gasteiger partial charge in [-0.15, -0.1) is 0 Å². The van der Waals surface area contributed by atoms with Crippen molar-refractivity contribution in [2.75, 3.05) is 12.0 Å². The molecule has 0 radical (unpaired) electrons. The number of fused-ring (bicyclic) bond motifs is 5. The molecule has 1 saturated heterocycles. The third-order valence-electron chi connectivity index (χ3n) is 4.85. The summed E-state index contributed by atoms with van der Waals surface area (Å²) in [5.74, 6) is 0.305. The Morgan fingerprint density at radius 3 is 2.19 bits per heavy atom. The molecule has 3 aliphatic rings. The van der Waals surface area contributed by atoms with Crippen LogP contribution in [0.2, 0.25) is 0 Å². The first kappa shape index (κ1) is 13.1. The predicted molar refractivity (Wildman–Crippen MR) is 82.2 cm³/mol. The van der Waals surface area contributed by atoms with E-state index in [9.17, 15) is 9.59 Å².